The van der Waals surface area contributed by atoms with Gasteiger partial charge in [-0.2, -0.15) is 0 Å². The van der Waals surface area contributed by atoms with Gasteiger partial charge in [0.25, 0.3) is 0 Å². The molecule has 1 saturated heterocycles. The molecule has 4 nitrogen and oxygen atoms in total. The maximum Gasteiger partial charge on any atom is 0.234 e. The quantitative estimate of drug-likeness (QED) is 0.699. The maximum absolute atomic E-state index is 12.9. The average Bonchev–Trinajstić information content (AvgIpc) is 3.42. The van der Waals surface area contributed by atoms with Gasteiger partial charge in [0, 0.05) is 23.8 Å². The van der Waals surface area contributed by atoms with Crippen LogP contribution in [0.2, 0.25) is 0 Å². The van der Waals surface area contributed by atoms with Crippen LogP contribution in [0.1, 0.15) is 41.1 Å². The van der Waals surface area contributed by atoms with Crippen LogP contribution in [0.4, 0.5) is 0 Å². The lowest BCUT2D eigenvalue weighted by Gasteiger charge is -2.26. The summed E-state index contributed by atoms with van der Waals surface area (Å²) in [5.74, 6) is 0.0818. The first-order chi connectivity index (χ1) is 13.2. The standard InChI is InChI=1S/C22H25N3OS/c1-24-13-5-10-18(24)19-11-6-14-25(19)16-21(26)23-22(20-12-7-15-27-20)17-8-3-2-4-9-17/h2-5,7-10,12-13,15,19,22H,6,11,14,16H2,1H3,(H,23,26)/t19-,22-/m0/s1. The number of amides is 1. The zero-order valence-electron chi connectivity index (χ0n) is 15.5. The molecule has 0 radical (unpaired) electrons. The largest absolute Gasteiger partial charge is 0.353 e. The number of aromatic nitrogens is 1. The van der Waals surface area contributed by atoms with Crippen molar-refractivity contribution < 1.29 is 4.79 Å². The van der Waals surface area contributed by atoms with Crippen LogP contribution < -0.4 is 5.32 Å². The van der Waals surface area contributed by atoms with Gasteiger partial charge < -0.3 is 9.88 Å². The summed E-state index contributed by atoms with van der Waals surface area (Å²) in [6.45, 7) is 1.41. The number of aryl methyl sites for hydroxylation is 1. The fourth-order valence-corrected chi connectivity index (χ4v) is 4.78. The van der Waals surface area contributed by atoms with E-state index in [2.05, 4.69) is 63.7 Å². The molecular weight excluding hydrogens is 354 g/mol. The molecule has 2 atom stereocenters. The number of hydrogen-bond donors (Lipinski definition) is 1. The second-order valence-electron chi connectivity index (χ2n) is 7.10. The van der Waals surface area contributed by atoms with Gasteiger partial charge in [0.2, 0.25) is 5.91 Å². The van der Waals surface area contributed by atoms with Gasteiger partial charge in [-0.3, -0.25) is 9.69 Å². The Hall–Kier alpha value is -2.37. The first-order valence-electron chi connectivity index (χ1n) is 9.45. The number of nitrogens with one attached hydrogen (secondary N) is 1. The molecule has 3 heterocycles. The number of thiophene rings is 1. The number of hydrogen-bond acceptors (Lipinski definition) is 3. The van der Waals surface area contributed by atoms with Crippen molar-refractivity contribution in [3.05, 3.63) is 82.3 Å². The lowest BCUT2D eigenvalue weighted by molar-refractivity contribution is -0.123. The molecule has 1 aliphatic heterocycles. The lowest BCUT2D eigenvalue weighted by Crippen LogP contribution is -2.39. The molecule has 2 aromatic heterocycles. The molecule has 1 fully saturated rings. The van der Waals surface area contributed by atoms with Gasteiger partial charge in [-0.1, -0.05) is 36.4 Å². The number of rotatable bonds is 6. The summed E-state index contributed by atoms with van der Waals surface area (Å²) in [6.07, 6.45) is 4.32. The zero-order valence-corrected chi connectivity index (χ0v) is 16.4. The van der Waals surface area contributed by atoms with Gasteiger partial charge in [0.05, 0.1) is 18.6 Å². The Bertz CT molecular complexity index is 872. The van der Waals surface area contributed by atoms with Crippen molar-refractivity contribution in [2.75, 3.05) is 13.1 Å². The Morgan fingerprint density at radius 2 is 2.04 bits per heavy atom. The molecule has 5 heteroatoms. The van der Waals surface area contributed by atoms with Crippen LogP contribution >= 0.6 is 11.3 Å². The second kappa shape index (κ2) is 8.11. The van der Waals surface area contributed by atoms with Gasteiger partial charge in [0.15, 0.2) is 0 Å². The zero-order chi connectivity index (χ0) is 18.6. The lowest BCUT2D eigenvalue weighted by atomic mass is 10.1. The summed E-state index contributed by atoms with van der Waals surface area (Å²) >= 11 is 1.68. The van der Waals surface area contributed by atoms with Crippen molar-refractivity contribution in [3.63, 3.8) is 0 Å². The van der Waals surface area contributed by atoms with E-state index in [0.717, 1.165) is 29.8 Å². The fraction of sp³-hybridized carbons (Fsp3) is 0.318. The number of nitrogens with zero attached hydrogens (tertiary/aromatic N) is 2. The van der Waals surface area contributed by atoms with Gasteiger partial charge in [0.1, 0.15) is 0 Å². The molecule has 0 unspecified atom stereocenters. The van der Waals surface area contributed by atoms with Crippen LogP contribution in [0.15, 0.2) is 66.2 Å². The van der Waals surface area contributed by atoms with Gasteiger partial charge >= 0.3 is 0 Å². The van der Waals surface area contributed by atoms with Crippen LogP contribution in [0.5, 0.6) is 0 Å². The molecule has 3 aromatic rings. The molecule has 4 rings (SSSR count). The number of likely N-dealkylation sites (tertiary alicyclic amines) is 1. The molecule has 1 aliphatic rings. The summed E-state index contributed by atoms with van der Waals surface area (Å²) in [5, 5.41) is 5.32. The molecular formula is C22H25N3OS. The first-order valence-corrected chi connectivity index (χ1v) is 10.3. The average molecular weight is 380 g/mol. The molecule has 27 heavy (non-hydrogen) atoms. The van der Waals surface area contributed by atoms with Crippen molar-refractivity contribution in [1.82, 2.24) is 14.8 Å². The summed E-state index contributed by atoms with van der Waals surface area (Å²) in [4.78, 5) is 16.4. The van der Waals surface area contributed by atoms with Crippen LogP contribution in [0, 0.1) is 0 Å². The van der Waals surface area contributed by atoms with E-state index in [0.29, 0.717) is 12.6 Å². The van der Waals surface area contributed by atoms with Crippen molar-refractivity contribution in [1.29, 1.82) is 0 Å². The van der Waals surface area contributed by atoms with Crippen LogP contribution in [0.3, 0.4) is 0 Å². The predicted octanol–water partition coefficient (Wildman–Crippen LogP) is 4.13. The highest BCUT2D eigenvalue weighted by Crippen LogP contribution is 2.32. The van der Waals surface area contributed by atoms with Gasteiger partial charge in [-0.05, 0) is 48.5 Å². The summed E-state index contributed by atoms with van der Waals surface area (Å²) < 4.78 is 2.17. The van der Waals surface area contributed by atoms with Crippen LogP contribution in [-0.2, 0) is 11.8 Å². The molecule has 0 aliphatic carbocycles. The third-order valence-electron chi connectivity index (χ3n) is 5.30. The Kier molecular flexibility index (Phi) is 5.41. The molecule has 0 bridgehead atoms. The Balaban J connectivity index is 1.48. The Morgan fingerprint density at radius 1 is 1.19 bits per heavy atom. The minimum Gasteiger partial charge on any atom is -0.353 e. The third-order valence-corrected chi connectivity index (χ3v) is 6.24. The maximum atomic E-state index is 12.9. The van der Waals surface area contributed by atoms with E-state index in [4.69, 9.17) is 0 Å². The fourth-order valence-electron chi connectivity index (χ4n) is 3.98. The minimum atomic E-state index is -0.0882. The molecule has 1 amide bonds. The number of carbonyl (C=O) groups excluding carboxylic acids is 1. The topological polar surface area (TPSA) is 37.3 Å². The SMILES string of the molecule is Cn1cccc1[C@@H]1CCCN1CC(=O)N[C@@H](c1ccccc1)c1cccs1. The van der Waals surface area contributed by atoms with Gasteiger partial charge in [-0.25, -0.2) is 0 Å². The molecule has 1 aromatic carbocycles. The number of benzene rings is 1. The summed E-state index contributed by atoms with van der Waals surface area (Å²) in [6, 6.07) is 18.8. The predicted molar refractivity (Wildman–Crippen MR) is 110 cm³/mol. The first kappa shape index (κ1) is 18.0. The molecule has 0 saturated carbocycles. The summed E-state index contributed by atoms with van der Waals surface area (Å²) in [7, 11) is 2.08. The number of carbonyl (C=O) groups is 1. The third kappa shape index (κ3) is 3.99. The smallest absolute Gasteiger partial charge is 0.234 e. The Morgan fingerprint density at radius 3 is 2.74 bits per heavy atom. The van der Waals surface area contributed by atoms with E-state index < -0.39 is 0 Å². The molecule has 1 N–H and O–H groups in total. The molecule has 140 valence electrons. The van der Waals surface area contributed by atoms with E-state index in [1.807, 2.05) is 24.3 Å². The highest BCUT2D eigenvalue weighted by molar-refractivity contribution is 7.10. The van der Waals surface area contributed by atoms with Gasteiger partial charge in [-0.15, -0.1) is 11.3 Å². The molecule has 0 spiro atoms. The minimum absolute atomic E-state index is 0.0818. The van der Waals surface area contributed by atoms with E-state index in [9.17, 15) is 4.79 Å². The van der Waals surface area contributed by atoms with E-state index in [-0.39, 0.29) is 11.9 Å². The van der Waals surface area contributed by atoms with Crippen LogP contribution in [0.25, 0.3) is 0 Å². The van der Waals surface area contributed by atoms with Crippen molar-refractivity contribution in [3.8, 4) is 0 Å². The highest BCUT2D eigenvalue weighted by Gasteiger charge is 2.29. The Labute approximate surface area is 164 Å². The van der Waals surface area contributed by atoms with Crippen molar-refractivity contribution in [2.45, 2.75) is 24.9 Å². The van der Waals surface area contributed by atoms with E-state index in [1.165, 1.54) is 5.69 Å². The van der Waals surface area contributed by atoms with Crippen molar-refractivity contribution in [2.24, 2.45) is 7.05 Å². The highest BCUT2D eigenvalue weighted by atomic mass is 32.1. The van der Waals surface area contributed by atoms with E-state index in [1.54, 1.807) is 11.3 Å². The van der Waals surface area contributed by atoms with Crippen molar-refractivity contribution >= 4 is 17.2 Å². The monoisotopic (exact) mass is 379 g/mol. The van der Waals surface area contributed by atoms with Crippen LogP contribution in [-0.4, -0.2) is 28.5 Å². The normalized spacial score (nSPS) is 18.5. The second-order valence-corrected chi connectivity index (χ2v) is 8.08. The van der Waals surface area contributed by atoms with E-state index >= 15 is 0 Å². The summed E-state index contributed by atoms with van der Waals surface area (Å²) in [5.41, 5.74) is 2.41.